The second-order valence-electron chi connectivity index (χ2n) is 9.78. The highest BCUT2D eigenvalue weighted by atomic mass is 79.9. The fraction of sp³-hybridized carbons (Fsp3) is 0.212. The lowest BCUT2D eigenvalue weighted by Gasteiger charge is -2.34. The van der Waals surface area contributed by atoms with Crippen LogP contribution in [0.3, 0.4) is 0 Å². The summed E-state index contributed by atoms with van der Waals surface area (Å²) in [5.74, 6) is -0.420. The average Bonchev–Trinajstić information content (AvgIpc) is 3.02. The van der Waals surface area contributed by atoms with E-state index in [1.54, 1.807) is 42.5 Å². The van der Waals surface area contributed by atoms with Gasteiger partial charge in [0.2, 0.25) is 11.8 Å². The SMILES string of the molecule is CCNC(=O)C(Cc1ccccc1)N(Cc1cccc(Br)c1)C(=O)CN(c1cccc(OC)c1)S(=O)(=O)c1ccccc1. The quantitative estimate of drug-likeness (QED) is 0.206. The van der Waals surface area contributed by atoms with E-state index in [-0.39, 0.29) is 29.5 Å². The van der Waals surface area contributed by atoms with Crippen LogP contribution in [-0.4, -0.2) is 51.4 Å². The minimum atomic E-state index is -4.18. The molecule has 4 aromatic carbocycles. The molecule has 10 heteroatoms. The number of anilines is 1. The molecule has 0 fully saturated rings. The predicted octanol–water partition coefficient (Wildman–Crippen LogP) is 5.43. The summed E-state index contributed by atoms with van der Waals surface area (Å²) in [4.78, 5) is 29.4. The Hall–Kier alpha value is -4.15. The van der Waals surface area contributed by atoms with Crippen LogP contribution in [0.2, 0.25) is 0 Å². The van der Waals surface area contributed by atoms with Crippen molar-refractivity contribution in [1.82, 2.24) is 10.2 Å². The number of carbonyl (C=O) groups excluding carboxylic acids is 2. The molecule has 0 heterocycles. The van der Waals surface area contributed by atoms with Gasteiger partial charge in [-0.05, 0) is 54.4 Å². The first-order valence-electron chi connectivity index (χ1n) is 13.8. The van der Waals surface area contributed by atoms with E-state index in [4.69, 9.17) is 4.74 Å². The largest absolute Gasteiger partial charge is 0.497 e. The van der Waals surface area contributed by atoms with E-state index in [0.717, 1.165) is 19.9 Å². The predicted molar refractivity (Wildman–Crippen MR) is 171 cm³/mol. The van der Waals surface area contributed by atoms with E-state index in [1.807, 2.05) is 61.5 Å². The Kier molecular flexibility index (Phi) is 11.0. The number of hydrogen-bond acceptors (Lipinski definition) is 5. The number of nitrogens with zero attached hydrogens (tertiary/aromatic N) is 2. The smallest absolute Gasteiger partial charge is 0.264 e. The van der Waals surface area contributed by atoms with E-state index >= 15 is 0 Å². The number of carbonyl (C=O) groups is 2. The van der Waals surface area contributed by atoms with Crippen molar-refractivity contribution >= 4 is 43.5 Å². The number of ether oxygens (including phenoxy) is 1. The van der Waals surface area contributed by atoms with Crippen LogP contribution in [0.1, 0.15) is 18.1 Å². The van der Waals surface area contributed by atoms with Gasteiger partial charge in [0.25, 0.3) is 10.0 Å². The highest BCUT2D eigenvalue weighted by molar-refractivity contribution is 9.10. The van der Waals surface area contributed by atoms with Gasteiger partial charge in [-0.25, -0.2) is 8.42 Å². The van der Waals surface area contributed by atoms with Gasteiger partial charge >= 0.3 is 0 Å². The van der Waals surface area contributed by atoms with Gasteiger partial charge < -0.3 is 15.0 Å². The van der Waals surface area contributed by atoms with Crippen LogP contribution < -0.4 is 14.4 Å². The number of hydrogen-bond donors (Lipinski definition) is 1. The summed E-state index contributed by atoms with van der Waals surface area (Å²) in [5.41, 5.74) is 1.91. The molecular weight excluding hydrogens is 630 g/mol. The Bertz CT molecular complexity index is 1630. The molecule has 43 heavy (non-hydrogen) atoms. The minimum Gasteiger partial charge on any atom is -0.497 e. The number of nitrogens with one attached hydrogen (secondary N) is 1. The van der Waals surface area contributed by atoms with E-state index in [0.29, 0.717) is 12.3 Å². The van der Waals surface area contributed by atoms with Crippen LogP contribution in [-0.2, 0) is 32.6 Å². The summed E-state index contributed by atoms with van der Waals surface area (Å²) in [7, 11) is -2.69. The molecule has 0 radical (unpaired) electrons. The third-order valence-electron chi connectivity index (χ3n) is 6.82. The molecule has 224 valence electrons. The standard InChI is InChI=1S/C33H34BrN3O5S/c1-3-35-33(39)31(21-25-12-6-4-7-13-25)36(23-26-14-10-15-27(34)20-26)32(38)24-37(28-16-11-17-29(22-28)42-2)43(40,41)30-18-8-5-9-19-30/h4-20,22,31H,3,21,23-24H2,1-2H3,(H,35,39). The van der Waals surface area contributed by atoms with Crippen molar-refractivity contribution in [3.8, 4) is 5.75 Å². The second-order valence-corrected chi connectivity index (χ2v) is 12.6. The van der Waals surface area contributed by atoms with Gasteiger partial charge in [0.1, 0.15) is 18.3 Å². The molecule has 0 aliphatic heterocycles. The van der Waals surface area contributed by atoms with Crippen LogP contribution >= 0.6 is 15.9 Å². The van der Waals surface area contributed by atoms with E-state index in [2.05, 4.69) is 21.2 Å². The monoisotopic (exact) mass is 663 g/mol. The second kappa shape index (κ2) is 14.8. The zero-order valence-corrected chi connectivity index (χ0v) is 26.4. The van der Waals surface area contributed by atoms with Gasteiger partial charge in [-0.15, -0.1) is 0 Å². The Morgan fingerprint density at radius 2 is 1.51 bits per heavy atom. The van der Waals surface area contributed by atoms with Crippen LogP contribution in [0, 0.1) is 0 Å². The third kappa shape index (κ3) is 8.24. The van der Waals surface area contributed by atoms with Gasteiger partial charge in [0, 0.05) is 30.0 Å². The van der Waals surface area contributed by atoms with Crippen molar-refractivity contribution in [3.63, 3.8) is 0 Å². The van der Waals surface area contributed by atoms with Crippen molar-refractivity contribution in [2.24, 2.45) is 0 Å². The molecule has 0 aliphatic carbocycles. The first kappa shape index (κ1) is 31.8. The zero-order chi connectivity index (χ0) is 30.8. The number of amides is 2. The molecule has 0 aromatic heterocycles. The molecule has 4 aromatic rings. The van der Waals surface area contributed by atoms with Crippen molar-refractivity contribution in [2.45, 2.75) is 30.8 Å². The van der Waals surface area contributed by atoms with E-state index < -0.39 is 28.5 Å². The van der Waals surface area contributed by atoms with Gasteiger partial charge in [-0.1, -0.05) is 82.7 Å². The van der Waals surface area contributed by atoms with Crippen molar-refractivity contribution in [3.05, 3.63) is 125 Å². The molecule has 0 aliphatic rings. The normalized spacial score (nSPS) is 11.8. The topological polar surface area (TPSA) is 96.0 Å². The van der Waals surface area contributed by atoms with Crippen molar-refractivity contribution in [2.75, 3.05) is 24.5 Å². The van der Waals surface area contributed by atoms with Crippen LogP contribution in [0.5, 0.6) is 5.75 Å². The van der Waals surface area contributed by atoms with Crippen LogP contribution in [0.15, 0.2) is 119 Å². The lowest BCUT2D eigenvalue weighted by Crippen LogP contribution is -2.53. The summed E-state index contributed by atoms with van der Waals surface area (Å²) in [6.45, 7) is 1.74. The molecule has 1 unspecified atom stereocenters. The van der Waals surface area contributed by atoms with E-state index in [9.17, 15) is 18.0 Å². The summed E-state index contributed by atoms with van der Waals surface area (Å²) in [6.07, 6.45) is 0.247. The highest BCUT2D eigenvalue weighted by Gasteiger charge is 2.34. The number of methoxy groups -OCH3 is 1. The average molecular weight is 665 g/mol. The van der Waals surface area contributed by atoms with Gasteiger partial charge in [0.05, 0.1) is 17.7 Å². The summed E-state index contributed by atoms with van der Waals surface area (Å²) in [5, 5.41) is 2.86. The Balaban J connectivity index is 1.80. The van der Waals surface area contributed by atoms with Gasteiger partial charge in [0.15, 0.2) is 0 Å². The maximum atomic E-state index is 14.4. The number of rotatable bonds is 13. The van der Waals surface area contributed by atoms with E-state index in [1.165, 1.54) is 24.1 Å². The molecule has 0 spiro atoms. The summed E-state index contributed by atoms with van der Waals surface area (Å²) in [6, 6.07) is 30.5. The lowest BCUT2D eigenvalue weighted by atomic mass is 10.0. The molecule has 4 rings (SSSR count). The zero-order valence-electron chi connectivity index (χ0n) is 24.0. The first-order chi connectivity index (χ1) is 20.7. The van der Waals surface area contributed by atoms with Crippen molar-refractivity contribution < 1.29 is 22.7 Å². The first-order valence-corrected chi connectivity index (χ1v) is 16.0. The summed E-state index contributed by atoms with van der Waals surface area (Å²) >= 11 is 3.49. The minimum absolute atomic E-state index is 0.0359. The maximum Gasteiger partial charge on any atom is 0.264 e. The third-order valence-corrected chi connectivity index (χ3v) is 9.10. The molecule has 1 N–H and O–H groups in total. The fourth-order valence-corrected chi connectivity index (χ4v) is 6.57. The highest BCUT2D eigenvalue weighted by Crippen LogP contribution is 2.28. The fourth-order valence-electron chi connectivity index (χ4n) is 4.69. The van der Waals surface area contributed by atoms with Crippen LogP contribution in [0.25, 0.3) is 0 Å². The molecule has 1 atom stereocenters. The van der Waals surface area contributed by atoms with Crippen LogP contribution in [0.4, 0.5) is 5.69 Å². The molecule has 8 nitrogen and oxygen atoms in total. The lowest BCUT2D eigenvalue weighted by molar-refractivity contribution is -0.140. The summed E-state index contributed by atoms with van der Waals surface area (Å²) < 4.78 is 35.3. The molecule has 2 amide bonds. The van der Waals surface area contributed by atoms with Gasteiger partial charge in [-0.2, -0.15) is 0 Å². The van der Waals surface area contributed by atoms with Gasteiger partial charge in [-0.3, -0.25) is 13.9 Å². The Labute approximate surface area is 261 Å². The molecular formula is C33H34BrN3O5S. The van der Waals surface area contributed by atoms with Crippen molar-refractivity contribution in [1.29, 1.82) is 0 Å². The number of sulfonamides is 1. The number of halogens is 1. The number of likely N-dealkylation sites (N-methyl/N-ethyl adjacent to an activating group) is 1. The molecule has 0 saturated carbocycles. The Morgan fingerprint density at radius 1 is 0.860 bits per heavy atom. The molecule has 0 saturated heterocycles. The Morgan fingerprint density at radius 3 is 2.16 bits per heavy atom. The molecule has 0 bridgehead atoms. The number of benzene rings is 4. The maximum absolute atomic E-state index is 14.4.